The lowest BCUT2D eigenvalue weighted by atomic mass is 10.3. The van der Waals surface area contributed by atoms with Crippen molar-refractivity contribution in [2.45, 2.75) is 9.10 Å². The van der Waals surface area contributed by atoms with Crippen LogP contribution in [0.5, 0.6) is 0 Å². The van der Waals surface area contributed by atoms with Crippen molar-refractivity contribution >= 4 is 45.2 Å². The quantitative estimate of drug-likeness (QED) is 0.282. The number of nitro benzene ring substituents is 1. The number of hydrogen-bond acceptors (Lipinski definition) is 8. The summed E-state index contributed by atoms with van der Waals surface area (Å²) in [6, 6.07) is 13.6. The lowest BCUT2D eigenvalue weighted by molar-refractivity contribution is -0.387. The van der Waals surface area contributed by atoms with Crippen LogP contribution in [0.4, 0.5) is 5.69 Å². The number of hydrogen-bond donors (Lipinski definition) is 0. The number of pyridine rings is 1. The average Bonchev–Trinajstić information content (AvgIpc) is 3.12. The molecule has 3 heterocycles. The van der Waals surface area contributed by atoms with Crippen molar-refractivity contribution in [3.8, 4) is 0 Å². The third kappa shape index (κ3) is 3.68. The first kappa shape index (κ1) is 18.0. The fraction of sp³-hybridized carbons (Fsp3) is 0. The topological polar surface area (TPSA) is 103 Å². The maximum atomic E-state index is 12.7. The third-order valence-electron chi connectivity index (χ3n) is 3.69. The van der Waals surface area contributed by atoms with Gasteiger partial charge in [0.05, 0.1) is 31.3 Å². The molecule has 0 aliphatic rings. The molecule has 0 bridgehead atoms. The predicted molar refractivity (Wildman–Crippen MR) is 108 cm³/mol. The van der Waals surface area contributed by atoms with Crippen LogP contribution in [-0.4, -0.2) is 25.8 Å². The number of nitrogens with zero attached hydrogens (tertiary/aromatic N) is 5. The van der Waals surface area contributed by atoms with Crippen molar-refractivity contribution in [3.63, 3.8) is 0 Å². The number of thiophene rings is 1. The Morgan fingerprint density at radius 1 is 1.18 bits per heavy atom. The minimum Gasteiger partial charge on any atom is -0.267 e. The normalized spacial score (nSPS) is 11.3. The molecule has 1 aromatic carbocycles. The van der Waals surface area contributed by atoms with Gasteiger partial charge >= 0.3 is 0 Å². The fourth-order valence-corrected chi connectivity index (χ4v) is 4.58. The summed E-state index contributed by atoms with van der Waals surface area (Å²) >= 11 is 2.53. The molecule has 0 saturated carbocycles. The molecule has 10 heteroatoms. The highest BCUT2D eigenvalue weighted by atomic mass is 32.2. The Morgan fingerprint density at radius 3 is 2.79 bits per heavy atom. The summed E-state index contributed by atoms with van der Waals surface area (Å²) in [7, 11) is 0. The highest BCUT2D eigenvalue weighted by Gasteiger charge is 2.16. The van der Waals surface area contributed by atoms with E-state index in [1.807, 2.05) is 6.07 Å². The van der Waals surface area contributed by atoms with E-state index in [4.69, 9.17) is 0 Å². The van der Waals surface area contributed by atoms with Crippen molar-refractivity contribution < 1.29 is 4.92 Å². The lowest BCUT2D eigenvalue weighted by Gasteiger charge is -1.99. The van der Waals surface area contributed by atoms with Crippen LogP contribution in [-0.2, 0) is 0 Å². The van der Waals surface area contributed by atoms with E-state index < -0.39 is 4.92 Å². The third-order valence-corrected chi connectivity index (χ3v) is 5.91. The van der Waals surface area contributed by atoms with E-state index in [9.17, 15) is 14.9 Å². The molecular formula is C18H11N5O3S2. The molecule has 3 aromatic heterocycles. The van der Waals surface area contributed by atoms with Crippen LogP contribution in [0.15, 0.2) is 80.1 Å². The molecule has 0 saturated heterocycles. The summed E-state index contributed by atoms with van der Waals surface area (Å²) in [5.41, 5.74) is 0.325. The van der Waals surface area contributed by atoms with Gasteiger partial charge in [-0.2, -0.15) is 9.78 Å². The van der Waals surface area contributed by atoms with Crippen LogP contribution in [0.25, 0.3) is 10.2 Å². The van der Waals surface area contributed by atoms with Crippen LogP contribution < -0.4 is 5.56 Å². The molecule has 8 nitrogen and oxygen atoms in total. The van der Waals surface area contributed by atoms with Gasteiger partial charge in [0.2, 0.25) is 0 Å². The number of nitro groups is 1. The van der Waals surface area contributed by atoms with Crippen LogP contribution in [0.3, 0.4) is 0 Å². The predicted octanol–water partition coefficient (Wildman–Crippen LogP) is 3.79. The van der Waals surface area contributed by atoms with Crippen molar-refractivity contribution in [3.05, 3.63) is 87.2 Å². The summed E-state index contributed by atoms with van der Waals surface area (Å²) in [5, 5.41) is 15.7. The number of aromatic nitrogens is 3. The second kappa shape index (κ2) is 7.71. The van der Waals surface area contributed by atoms with Gasteiger partial charge in [-0.3, -0.25) is 19.9 Å². The van der Waals surface area contributed by atoms with Gasteiger partial charge in [-0.05, 0) is 24.3 Å². The van der Waals surface area contributed by atoms with Gasteiger partial charge in [0.25, 0.3) is 11.2 Å². The number of benzene rings is 1. The molecule has 4 aromatic rings. The van der Waals surface area contributed by atoms with E-state index in [-0.39, 0.29) is 11.2 Å². The first-order valence-electron chi connectivity index (χ1n) is 8.00. The summed E-state index contributed by atoms with van der Waals surface area (Å²) in [6.45, 7) is 0. The monoisotopic (exact) mass is 409 g/mol. The Bertz CT molecular complexity index is 1250. The summed E-state index contributed by atoms with van der Waals surface area (Å²) in [5.74, 6) is 0. The molecule has 0 radical (unpaired) electrons. The number of para-hydroxylation sites is 1. The zero-order valence-electron chi connectivity index (χ0n) is 14.1. The summed E-state index contributed by atoms with van der Waals surface area (Å²) in [6.07, 6.45) is 4.46. The Balaban J connectivity index is 1.67. The highest BCUT2D eigenvalue weighted by Crippen LogP contribution is 2.39. The molecular weight excluding hydrogens is 398 g/mol. The molecule has 0 aliphatic carbocycles. The highest BCUT2D eigenvalue weighted by molar-refractivity contribution is 8.01. The van der Waals surface area contributed by atoms with E-state index in [1.165, 1.54) is 41.7 Å². The van der Waals surface area contributed by atoms with Gasteiger partial charge in [0.1, 0.15) is 11.2 Å². The fourth-order valence-electron chi connectivity index (χ4n) is 2.40. The number of fused-ring (bicyclic) bond motifs is 1. The second-order valence-corrected chi connectivity index (χ2v) is 7.88. The van der Waals surface area contributed by atoms with E-state index in [0.29, 0.717) is 20.8 Å². The van der Waals surface area contributed by atoms with Crippen LogP contribution >= 0.6 is 23.1 Å². The van der Waals surface area contributed by atoms with Crippen molar-refractivity contribution in [1.29, 1.82) is 0 Å². The Hall–Kier alpha value is -3.37. The van der Waals surface area contributed by atoms with Crippen molar-refractivity contribution in [2.24, 2.45) is 5.10 Å². The molecule has 0 amide bonds. The van der Waals surface area contributed by atoms with Gasteiger partial charge in [0, 0.05) is 12.3 Å². The zero-order chi connectivity index (χ0) is 19.5. The molecule has 0 fully saturated rings. The van der Waals surface area contributed by atoms with Gasteiger partial charge < -0.3 is 0 Å². The standard InChI is InChI=1S/C18H11N5O3S2/c24-18-13-9-16(27-15-7-2-1-6-14(15)23(25)26)28-17(13)20-11-22(18)21-10-12-5-3-4-8-19-12/h1-11H/b21-10+. The zero-order valence-corrected chi connectivity index (χ0v) is 15.8. The van der Waals surface area contributed by atoms with E-state index in [1.54, 1.807) is 42.6 Å². The van der Waals surface area contributed by atoms with E-state index >= 15 is 0 Å². The SMILES string of the molecule is O=c1c2cc(Sc3ccccc3[N+](=O)[O-])sc2ncn1/N=C/c1ccccn1. The molecule has 0 unspecified atom stereocenters. The van der Waals surface area contributed by atoms with Crippen molar-refractivity contribution in [2.75, 3.05) is 0 Å². The molecule has 138 valence electrons. The van der Waals surface area contributed by atoms with Crippen LogP contribution in [0.1, 0.15) is 5.69 Å². The molecule has 0 N–H and O–H groups in total. The second-order valence-electron chi connectivity index (χ2n) is 5.50. The molecule has 0 aliphatic heterocycles. The van der Waals surface area contributed by atoms with Gasteiger partial charge in [-0.1, -0.05) is 30.0 Å². The first-order chi connectivity index (χ1) is 13.6. The maximum absolute atomic E-state index is 12.7. The average molecular weight is 409 g/mol. The van der Waals surface area contributed by atoms with Gasteiger partial charge in [0.15, 0.2) is 0 Å². The molecule has 0 spiro atoms. The van der Waals surface area contributed by atoms with E-state index in [2.05, 4.69) is 15.1 Å². The number of rotatable bonds is 5. The largest absolute Gasteiger partial charge is 0.283 e. The minimum atomic E-state index is -0.423. The van der Waals surface area contributed by atoms with E-state index in [0.717, 1.165) is 8.89 Å². The Morgan fingerprint density at radius 2 is 2.00 bits per heavy atom. The molecule has 0 atom stereocenters. The maximum Gasteiger partial charge on any atom is 0.283 e. The Kier molecular flexibility index (Phi) is 4.96. The van der Waals surface area contributed by atoms with Crippen molar-refractivity contribution in [1.82, 2.24) is 14.6 Å². The summed E-state index contributed by atoms with van der Waals surface area (Å²) in [4.78, 5) is 32.9. The smallest absolute Gasteiger partial charge is 0.267 e. The van der Waals surface area contributed by atoms with Crippen LogP contribution in [0.2, 0.25) is 0 Å². The minimum absolute atomic E-state index is 0.0234. The molecule has 4 rings (SSSR count). The summed E-state index contributed by atoms with van der Waals surface area (Å²) < 4.78 is 1.88. The molecule has 28 heavy (non-hydrogen) atoms. The van der Waals surface area contributed by atoms with Gasteiger partial charge in [-0.25, -0.2) is 4.98 Å². The lowest BCUT2D eigenvalue weighted by Crippen LogP contribution is -2.16. The first-order valence-corrected chi connectivity index (χ1v) is 9.63. The van der Waals surface area contributed by atoms with Crippen LogP contribution in [0, 0.1) is 10.1 Å². The van der Waals surface area contributed by atoms with Gasteiger partial charge in [-0.15, -0.1) is 11.3 Å². The Labute approximate surface area is 166 Å².